The maximum atomic E-state index is 12.1. The van der Waals surface area contributed by atoms with Gasteiger partial charge < -0.3 is 11.1 Å². The van der Waals surface area contributed by atoms with Crippen LogP contribution in [0.3, 0.4) is 0 Å². The lowest BCUT2D eigenvalue weighted by molar-refractivity contribution is 0.0921. The Labute approximate surface area is 109 Å². The molecule has 3 N–H and O–H groups in total. The van der Waals surface area contributed by atoms with Crippen LogP contribution in [-0.4, -0.2) is 18.0 Å². The van der Waals surface area contributed by atoms with Crippen molar-refractivity contribution in [2.75, 3.05) is 0 Å². The van der Waals surface area contributed by atoms with E-state index in [1.54, 1.807) is 0 Å². The molecule has 1 aromatic rings. The first-order valence-electron chi connectivity index (χ1n) is 6.86. The van der Waals surface area contributed by atoms with Crippen molar-refractivity contribution in [2.24, 2.45) is 5.73 Å². The third-order valence-corrected chi connectivity index (χ3v) is 3.76. The number of aryl methyl sites for hydroxylation is 1. The summed E-state index contributed by atoms with van der Waals surface area (Å²) in [5.41, 5.74) is 8.01. The van der Waals surface area contributed by atoms with Crippen LogP contribution < -0.4 is 11.1 Å². The van der Waals surface area contributed by atoms with E-state index in [2.05, 4.69) is 12.2 Å². The second kappa shape index (κ2) is 6.01. The van der Waals surface area contributed by atoms with Gasteiger partial charge in [0.05, 0.1) is 0 Å². The van der Waals surface area contributed by atoms with Gasteiger partial charge in [-0.25, -0.2) is 0 Å². The smallest absolute Gasteiger partial charge is 0.251 e. The molecule has 1 aliphatic carbocycles. The lowest BCUT2D eigenvalue weighted by atomic mass is 9.91. The second-order valence-corrected chi connectivity index (χ2v) is 5.08. The molecule has 1 saturated carbocycles. The average Bonchev–Trinajstić information content (AvgIpc) is 2.41. The summed E-state index contributed by atoms with van der Waals surface area (Å²) in [6, 6.07) is 8.05. The van der Waals surface area contributed by atoms with Gasteiger partial charge in [-0.05, 0) is 37.0 Å². The van der Waals surface area contributed by atoms with Crippen molar-refractivity contribution in [2.45, 2.75) is 51.1 Å². The van der Waals surface area contributed by atoms with Crippen molar-refractivity contribution in [1.29, 1.82) is 0 Å². The van der Waals surface area contributed by atoms with E-state index >= 15 is 0 Å². The number of amides is 1. The summed E-state index contributed by atoms with van der Waals surface area (Å²) in [7, 11) is 0. The van der Waals surface area contributed by atoms with E-state index in [0.717, 1.165) is 31.2 Å². The van der Waals surface area contributed by atoms with Crippen LogP contribution >= 0.6 is 0 Å². The Morgan fingerprint density at radius 3 is 2.56 bits per heavy atom. The highest BCUT2D eigenvalue weighted by Gasteiger charge is 2.23. The molecule has 0 saturated heterocycles. The monoisotopic (exact) mass is 246 g/mol. The Morgan fingerprint density at radius 2 is 1.94 bits per heavy atom. The fourth-order valence-corrected chi connectivity index (χ4v) is 2.48. The fraction of sp³-hybridized carbons (Fsp3) is 0.533. The first-order valence-corrected chi connectivity index (χ1v) is 6.86. The lowest BCUT2D eigenvalue weighted by Crippen LogP contribution is -2.49. The second-order valence-electron chi connectivity index (χ2n) is 5.08. The summed E-state index contributed by atoms with van der Waals surface area (Å²) in [6.45, 7) is 2.11. The minimum atomic E-state index is 0.00000283. The Balaban J connectivity index is 1.97. The molecule has 0 aromatic heterocycles. The van der Waals surface area contributed by atoms with Crippen LogP contribution in [0.15, 0.2) is 24.3 Å². The van der Waals surface area contributed by atoms with Crippen LogP contribution in [0.2, 0.25) is 0 Å². The van der Waals surface area contributed by atoms with Crippen molar-refractivity contribution in [3.05, 3.63) is 35.4 Å². The van der Waals surface area contributed by atoms with Gasteiger partial charge in [0.15, 0.2) is 0 Å². The summed E-state index contributed by atoms with van der Waals surface area (Å²) in [6.07, 6.45) is 5.35. The van der Waals surface area contributed by atoms with Crippen LogP contribution in [0.4, 0.5) is 0 Å². The molecule has 0 radical (unpaired) electrons. The van der Waals surface area contributed by atoms with Crippen LogP contribution in [0.25, 0.3) is 0 Å². The number of benzene rings is 1. The van der Waals surface area contributed by atoms with E-state index < -0.39 is 0 Å². The number of carbonyl (C=O) groups is 1. The minimum absolute atomic E-state index is 0.00000283. The highest BCUT2D eigenvalue weighted by atomic mass is 16.1. The Bertz CT molecular complexity index is 399. The van der Waals surface area contributed by atoms with Gasteiger partial charge in [0.25, 0.3) is 5.91 Å². The maximum Gasteiger partial charge on any atom is 0.251 e. The molecule has 3 nitrogen and oxygen atoms in total. The quantitative estimate of drug-likeness (QED) is 0.859. The molecule has 0 unspecified atom stereocenters. The molecule has 1 aromatic carbocycles. The minimum Gasteiger partial charge on any atom is -0.348 e. The standard InChI is InChI=1S/C15H22N2O/c1-2-11-7-9-12(10-8-11)15(18)17-14-6-4-3-5-13(14)16/h7-10,13-14H,2-6,16H2,1H3,(H,17,18)/t13-,14-/m1/s1. The van der Waals surface area contributed by atoms with Gasteiger partial charge in [-0.3, -0.25) is 4.79 Å². The molecule has 98 valence electrons. The number of hydrogen-bond donors (Lipinski definition) is 2. The lowest BCUT2D eigenvalue weighted by Gasteiger charge is -2.29. The number of carbonyl (C=O) groups excluding carboxylic acids is 1. The number of hydrogen-bond acceptors (Lipinski definition) is 2. The molecule has 0 aliphatic heterocycles. The van der Waals surface area contributed by atoms with Crippen LogP contribution in [0.1, 0.15) is 48.5 Å². The van der Waals surface area contributed by atoms with Crippen LogP contribution in [0.5, 0.6) is 0 Å². The zero-order valence-electron chi connectivity index (χ0n) is 11.0. The van der Waals surface area contributed by atoms with Gasteiger partial charge in [0.2, 0.25) is 0 Å². The van der Waals surface area contributed by atoms with Crippen molar-refractivity contribution in [1.82, 2.24) is 5.32 Å². The van der Waals surface area contributed by atoms with E-state index in [1.807, 2.05) is 24.3 Å². The number of nitrogens with one attached hydrogen (secondary N) is 1. The predicted octanol–water partition coefficient (Wildman–Crippen LogP) is 2.25. The van der Waals surface area contributed by atoms with Gasteiger partial charge >= 0.3 is 0 Å². The van der Waals surface area contributed by atoms with Crippen LogP contribution in [0, 0.1) is 0 Å². The summed E-state index contributed by atoms with van der Waals surface area (Å²) in [5, 5.41) is 3.06. The Kier molecular flexibility index (Phi) is 4.37. The van der Waals surface area contributed by atoms with Gasteiger partial charge in [-0.1, -0.05) is 31.9 Å². The SMILES string of the molecule is CCc1ccc(C(=O)N[C@@H]2CCCC[C@H]2N)cc1. The molecule has 1 aliphatic rings. The topological polar surface area (TPSA) is 55.1 Å². The van der Waals surface area contributed by atoms with E-state index in [9.17, 15) is 4.79 Å². The molecule has 2 atom stereocenters. The number of nitrogens with two attached hydrogens (primary N) is 1. The molecule has 0 bridgehead atoms. The molecule has 1 fully saturated rings. The van der Waals surface area contributed by atoms with Gasteiger partial charge in [0.1, 0.15) is 0 Å². The first-order chi connectivity index (χ1) is 8.70. The van der Waals surface area contributed by atoms with Crippen molar-refractivity contribution in [3.8, 4) is 0 Å². The summed E-state index contributed by atoms with van der Waals surface area (Å²) >= 11 is 0. The molecule has 1 amide bonds. The van der Waals surface area contributed by atoms with Crippen molar-refractivity contribution < 1.29 is 4.79 Å². The van der Waals surface area contributed by atoms with Gasteiger partial charge in [0, 0.05) is 17.6 Å². The molecule has 2 rings (SSSR count). The molecular formula is C15H22N2O. The Hall–Kier alpha value is -1.35. The Morgan fingerprint density at radius 1 is 1.28 bits per heavy atom. The maximum absolute atomic E-state index is 12.1. The molecule has 0 spiro atoms. The molecule has 3 heteroatoms. The highest BCUT2D eigenvalue weighted by Crippen LogP contribution is 2.17. The van der Waals surface area contributed by atoms with Crippen molar-refractivity contribution in [3.63, 3.8) is 0 Å². The highest BCUT2D eigenvalue weighted by molar-refractivity contribution is 5.94. The van der Waals surface area contributed by atoms with E-state index in [0.29, 0.717) is 0 Å². The normalized spacial score (nSPS) is 23.7. The zero-order valence-corrected chi connectivity index (χ0v) is 11.0. The van der Waals surface area contributed by atoms with E-state index in [1.165, 1.54) is 12.0 Å². The molecule has 0 heterocycles. The number of rotatable bonds is 3. The van der Waals surface area contributed by atoms with Gasteiger partial charge in [-0.2, -0.15) is 0 Å². The van der Waals surface area contributed by atoms with E-state index in [-0.39, 0.29) is 18.0 Å². The van der Waals surface area contributed by atoms with Crippen molar-refractivity contribution >= 4 is 5.91 Å². The zero-order chi connectivity index (χ0) is 13.0. The fourth-order valence-electron chi connectivity index (χ4n) is 2.48. The van der Waals surface area contributed by atoms with Crippen LogP contribution in [-0.2, 0) is 6.42 Å². The summed E-state index contributed by atoms with van der Waals surface area (Å²) < 4.78 is 0. The first kappa shape index (κ1) is 13.1. The predicted molar refractivity (Wildman–Crippen MR) is 73.5 cm³/mol. The van der Waals surface area contributed by atoms with E-state index in [4.69, 9.17) is 5.73 Å². The third-order valence-electron chi connectivity index (χ3n) is 3.76. The summed E-state index contributed by atoms with van der Waals surface area (Å²) in [5.74, 6) is 0.00000283. The molecular weight excluding hydrogens is 224 g/mol. The third kappa shape index (κ3) is 3.10. The van der Waals surface area contributed by atoms with Gasteiger partial charge in [-0.15, -0.1) is 0 Å². The molecule has 18 heavy (non-hydrogen) atoms. The summed E-state index contributed by atoms with van der Waals surface area (Å²) in [4.78, 5) is 12.1. The average molecular weight is 246 g/mol. The largest absolute Gasteiger partial charge is 0.348 e.